The Labute approximate surface area is 99.7 Å². The smallest absolute Gasteiger partial charge is 0.0910 e. The number of hydrogen-bond donors (Lipinski definition) is 2. The first-order chi connectivity index (χ1) is 8.22. The van der Waals surface area contributed by atoms with E-state index in [1.807, 2.05) is 18.2 Å². The Balaban J connectivity index is 2.07. The van der Waals surface area contributed by atoms with Crippen LogP contribution < -0.4 is 11.5 Å². The molecule has 0 saturated heterocycles. The van der Waals surface area contributed by atoms with Crippen molar-refractivity contribution in [2.24, 2.45) is 0 Å². The molecule has 0 radical (unpaired) electrons. The van der Waals surface area contributed by atoms with Gasteiger partial charge in [0.15, 0.2) is 0 Å². The van der Waals surface area contributed by atoms with Crippen LogP contribution in [0.4, 0.5) is 11.4 Å². The van der Waals surface area contributed by atoms with Crippen LogP contribution >= 0.6 is 0 Å². The zero-order chi connectivity index (χ0) is 11.8. The summed E-state index contributed by atoms with van der Waals surface area (Å²) in [5.74, 6) is 0.582. The van der Waals surface area contributed by atoms with Gasteiger partial charge in [-0.3, -0.25) is 9.97 Å². The van der Waals surface area contributed by atoms with Gasteiger partial charge in [0, 0.05) is 29.2 Å². The summed E-state index contributed by atoms with van der Waals surface area (Å²) in [5.41, 5.74) is 15.7. The highest BCUT2D eigenvalue weighted by atomic mass is 14.8. The molecular weight excluding hydrogens is 212 g/mol. The second kappa shape index (κ2) is 3.73. The van der Waals surface area contributed by atoms with E-state index in [1.165, 1.54) is 12.8 Å². The Morgan fingerprint density at radius 2 is 1.76 bits per heavy atom. The number of nitrogens with two attached hydrogens (primary N) is 2. The fourth-order valence-electron chi connectivity index (χ4n) is 1.88. The fourth-order valence-corrected chi connectivity index (χ4v) is 1.88. The number of aromatic nitrogens is 2. The molecule has 3 rings (SSSR count). The number of nitrogens with zero attached hydrogens (tertiary/aromatic N) is 2. The molecule has 0 amide bonds. The number of rotatable bonds is 2. The van der Waals surface area contributed by atoms with Crippen molar-refractivity contribution in [3.63, 3.8) is 0 Å². The SMILES string of the molecule is Nc1ccnc(-c2cc(N)cc(C3CC3)n2)c1. The van der Waals surface area contributed by atoms with Crippen LogP contribution in [0, 0.1) is 0 Å². The molecule has 0 unspecified atom stereocenters. The summed E-state index contributed by atoms with van der Waals surface area (Å²) in [5, 5.41) is 0. The highest BCUT2D eigenvalue weighted by Gasteiger charge is 2.25. The standard InChI is InChI=1S/C13H14N4/c14-9-3-4-16-12(5-9)13-7-10(15)6-11(17-13)8-1-2-8/h3-8H,1-2H2,(H2,14,16)(H2,15,17). The Hall–Kier alpha value is -2.10. The molecule has 86 valence electrons. The summed E-state index contributed by atoms with van der Waals surface area (Å²) in [6, 6.07) is 7.37. The van der Waals surface area contributed by atoms with Crippen LogP contribution in [0.15, 0.2) is 30.5 Å². The van der Waals surface area contributed by atoms with Gasteiger partial charge in [-0.1, -0.05) is 0 Å². The van der Waals surface area contributed by atoms with E-state index in [4.69, 9.17) is 11.5 Å². The van der Waals surface area contributed by atoms with Crippen molar-refractivity contribution in [3.8, 4) is 11.4 Å². The Morgan fingerprint density at radius 3 is 2.47 bits per heavy atom. The zero-order valence-electron chi connectivity index (χ0n) is 9.43. The van der Waals surface area contributed by atoms with Gasteiger partial charge in [-0.05, 0) is 37.1 Å². The minimum atomic E-state index is 0.582. The third-order valence-corrected chi connectivity index (χ3v) is 2.91. The molecule has 1 fully saturated rings. The van der Waals surface area contributed by atoms with Gasteiger partial charge in [0.25, 0.3) is 0 Å². The molecule has 17 heavy (non-hydrogen) atoms. The summed E-state index contributed by atoms with van der Waals surface area (Å²) >= 11 is 0. The van der Waals surface area contributed by atoms with E-state index in [0.29, 0.717) is 11.6 Å². The second-order valence-electron chi connectivity index (χ2n) is 4.46. The van der Waals surface area contributed by atoms with Crippen molar-refractivity contribution in [3.05, 3.63) is 36.2 Å². The Kier molecular flexibility index (Phi) is 2.21. The molecule has 2 aromatic rings. The summed E-state index contributed by atoms with van der Waals surface area (Å²) in [7, 11) is 0. The molecule has 2 aromatic heterocycles. The lowest BCUT2D eigenvalue weighted by molar-refractivity contribution is 1.02. The van der Waals surface area contributed by atoms with Gasteiger partial charge in [0.2, 0.25) is 0 Å². The van der Waals surface area contributed by atoms with Crippen LogP contribution in [0.3, 0.4) is 0 Å². The van der Waals surface area contributed by atoms with Gasteiger partial charge >= 0.3 is 0 Å². The molecule has 0 aromatic carbocycles. The van der Waals surface area contributed by atoms with E-state index in [1.54, 1.807) is 12.3 Å². The van der Waals surface area contributed by atoms with Crippen LogP contribution in [0.2, 0.25) is 0 Å². The predicted octanol–water partition coefficient (Wildman–Crippen LogP) is 2.19. The number of pyridine rings is 2. The molecule has 1 aliphatic carbocycles. The van der Waals surface area contributed by atoms with Gasteiger partial charge in [0.1, 0.15) is 0 Å². The first-order valence-corrected chi connectivity index (χ1v) is 5.72. The first-order valence-electron chi connectivity index (χ1n) is 5.72. The largest absolute Gasteiger partial charge is 0.399 e. The fraction of sp³-hybridized carbons (Fsp3) is 0.231. The van der Waals surface area contributed by atoms with Crippen molar-refractivity contribution in [1.29, 1.82) is 0 Å². The van der Waals surface area contributed by atoms with Crippen LogP contribution in [-0.4, -0.2) is 9.97 Å². The van der Waals surface area contributed by atoms with Crippen LogP contribution in [-0.2, 0) is 0 Å². The Bertz CT molecular complexity index is 561. The minimum Gasteiger partial charge on any atom is -0.399 e. The molecule has 1 saturated carbocycles. The van der Waals surface area contributed by atoms with E-state index in [2.05, 4.69) is 9.97 Å². The third kappa shape index (κ3) is 2.06. The van der Waals surface area contributed by atoms with Gasteiger partial charge in [-0.25, -0.2) is 0 Å². The molecule has 0 atom stereocenters. The molecule has 4 heteroatoms. The van der Waals surface area contributed by atoms with Crippen LogP contribution in [0.1, 0.15) is 24.5 Å². The second-order valence-corrected chi connectivity index (χ2v) is 4.46. The van der Waals surface area contributed by atoms with Crippen molar-refractivity contribution in [2.75, 3.05) is 11.5 Å². The summed E-state index contributed by atoms with van der Waals surface area (Å²) in [6.45, 7) is 0. The minimum absolute atomic E-state index is 0.582. The normalized spacial score (nSPS) is 14.8. The van der Waals surface area contributed by atoms with Crippen molar-refractivity contribution >= 4 is 11.4 Å². The van der Waals surface area contributed by atoms with E-state index >= 15 is 0 Å². The molecule has 2 heterocycles. The summed E-state index contributed by atoms with van der Waals surface area (Å²) < 4.78 is 0. The third-order valence-electron chi connectivity index (χ3n) is 2.91. The van der Waals surface area contributed by atoms with Gasteiger partial charge < -0.3 is 11.5 Å². The number of hydrogen-bond acceptors (Lipinski definition) is 4. The van der Waals surface area contributed by atoms with Crippen molar-refractivity contribution < 1.29 is 0 Å². The average molecular weight is 226 g/mol. The van der Waals surface area contributed by atoms with Crippen LogP contribution in [0.5, 0.6) is 0 Å². The Morgan fingerprint density at radius 1 is 1.00 bits per heavy atom. The van der Waals surface area contributed by atoms with E-state index < -0.39 is 0 Å². The average Bonchev–Trinajstić information content (AvgIpc) is 3.12. The maximum atomic E-state index is 5.90. The first kappa shape index (κ1) is 10.1. The maximum absolute atomic E-state index is 5.90. The predicted molar refractivity (Wildman–Crippen MR) is 68.3 cm³/mol. The lowest BCUT2D eigenvalue weighted by Gasteiger charge is -2.06. The molecule has 4 N–H and O–H groups in total. The monoisotopic (exact) mass is 226 g/mol. The molecule has 0 bridgehead atoms. The highest BCUT2D eigenvalue weighted by molar-refractivity contribution is 5.63. The molecule has 1 aliphatic rings. The molecule has 4 nitrogen and oxygen atoms in total. The van der Waals surface area contributed by atoms with E-state index in [0.717, 1.165) is 22.8 Å². The lowest BCUT2D eigenvalue weighted by atomic mass is 10.1. The van der Waals surface area contributed by atoms with Gasteiger partial charge in [0.05, 0.1) is 11.4 Å². The zero-order valence-corrected chi connectivity index (χ0v) is 9.43. The van der Waals surface area contributed by atoms with Crippen molar-refractivity contribution in [2.45, 2.75) is 18.8 Å². The number of nitrogen functional groups attached to an aromatic ring is 2. The molecule has 0 spiro atoms. The maximum Gasteiger partial charge on any atom is 0.0910 e. The molecular formula is C13H14N4. The highest BCUT2D eigenvalue weighted by Crippen LogP contribution is 2.40. The lowest BCUT2D eigenvalue weighted by Crippen LogP contribution is -1.97. The number of anilines is 2. The molecule has 0 aliphatic heterocycles. The summed E-state index contributed by atoms with van der Waals surface area (Å²) in [6.07, 6.45) is 4.10. The van der Waals surface area contributed by atoms with Crippen molar-refractivity contribution in [1.82, 2.24) is 9.97 Å². The van der Waals surface area contributed by atoms with E-state index in [-0.39, 0.29) is 0 Å². The summed E-state index contributed by atoms with van der Waals surface area (Å²) in [4.78, 5) is 8.88. The quantitative estimate of drug-likeness (QED) is 0.822. The topological polar surface area (TPSA) is 77.8 Å². The van der Waals surface area contributed by atoms with Gasteiger partial charge in [-0.15, -0.1) is 0 Å². The van der Waals surface area contributed by atoms with Gasteiger partial charge in [-0.2, -0.15) is 0 Å². The van der Waals surface area contributed by atoms with Crippen LogP contribution in [0.25, 0.3) is 11.4 Å². The van der Waals surface area contributed by atoms with E-state index in [9.17, 15) is 0 Å².